The molecule has 0 saturated carbocycles. The van der Waals surface area contributed by atoms with Gasteiger partial charge in [-0.05, 0) is 48.9 Å². The zero-order chi connectivity index (χ0) is 21.2. The molecule has 170 valence electrons. The van der Waals surface area contributed by atoms with Gasteiger partial charge in [0.2, 0.25) is 0 Å². The standard InChI is InChI=1S/C23H30N4S2.2ClH/c1-8-27(7)14-25-18-10-15(2)17(9-16(18)3)11-21-26-19(13-28-21)22-24-12-20(29-22)23(4,5)6;;/h9-10,12-14H,8,11H2,1-7H3;2*1H. The Morgan fingerprint density at radius 2 is 1.84 bits per heavy atom. The summed E-state index contributed by atoms with van der Waals surface area (Å²) in [7, 11) is 2.03. The molecule has 1 aromatic carbocycles. The van der Waals surface area contributed by atoms with Crippen molar-refractivity contribution < 1.29 is 0 Å². The molecule has 3 rings (SSSR count). The maximum Gasteiger partial charge on any atom is 0.142 e. The molecule has 4 nitrogen and oxygen atoms in total. The average Bonchev–Trinajstić information content (AvgIpc) is 3.32. The molecular formula is C23H32Cl2N4S2. The molecule has 0 atom stereocenters. The van der Waals surface area contributed by atoms with Crippen LogP contribution in [0, 0.1) is 13.8 Å². The maximum atomic E-state index is 4.87. The van der Waals surface area contributed by atoms with E-state index >= 15 is 0 Å². The summed E-state index contributed by atoms with van der Waals surface area (Å²) in [4.78, 5) is 17.5. The van der Waals surface area contributed by atoms with Crippen LogP contribution in [0.25, 0.3) is 10.7 Å². The van der Waals surface area contributed by atoms with E-state index in [-0.39, 0.29) is 30.2 Å². The van der Waals surface area contributed by atoms with Gasteiger partial charge in [-0.3, -0.25) is 0 Å². The second-order valence-electron chi connectivity index (χ2n) is 8.47. The number of hydrogen-bond donors (Lipinski definition) is 0. The summed E-state index contributed by atoms with van der Waals surface area (Å²) in [6, 6.07) is 4.42. The Morgan fingerprint density at radius 1 is 1.13 bits per heavy atom. The van der Waals surface area contributed by atoms with Crippen LogP contribution in [0.1, 0.15) is 54.3 Å². The number of nitrogens with zero attached hydrogens (tertiary/aromatic N) is 4. The third kappa shape index (κ3) is 7.01. The SMILES string of the molecule is CCN(C)C=Nc1cc(C)c(Cc2nc(-c3ncc(C(C)(C)C)s3)cs2)cc1C.Cl.Cl. The zero-order valence-corrected chi connectivity index (χ0v) is 22.5. The fourth-order valence-corrected chi connectivity index (χ4v) is 4.64. The van der Waals surface area contributed by atoms with E-state index in [4.69, 9.17) is 4.98 Å². The van der Waals surface area contributed by atoms with Crippen molar-refractivity contribution in [3.05, 3.63) is 50.3 Å². The molecule has 31 heavy (non-hydrogen) atoms. The van der Waals surface area contributed by atoms with E-state index in [1.807, 2.05) is 19.6 Å². The van der Waals surface area contributed by atoms with Gasteiger partial charge in [-0.2, -0.15) is 0 Å². The second-order valence-corrected chi connectivity index (χ2v) is 10.4. The summed E-state index contributed by atoms with van der Waals surface area (Å²) in [6.07, 6.45) is 4.73. The molecule has 0 N–H and O–H groups in total. The van der Waals surface area contributed by atoms with Crippen LogP contribution in [0.5, 0.6) is 0 Å². The van der Waals surface area contributed by atoms with Gasteiger partial charge in [0.05, 0.1) is 17.0 Å². The van der Waals surface area contributed by atoms with Crippen molar-refractivity contribution in [2.45, 2.75) is 53.4 Å². The lowest BCUT2D eigenvalue weighted by Crippen LogP contribution is -2.14. The van der Waals surface area contributed by atoms with Gasteiger partial charge in [0.15, 0.2) is 0 Å². The summed E-state index contributed by atoms with van der Waals surface area (Å²) in [5.74, 6) is 0. The third-order valence-electron chi connectivity index (χ3n) is 4.90. The lowest BCUT2D eigenvalue weighted by atomic mass is 9.96. The molecule has 2 heterocycles. The Labute approximate surface area is 206 Å². The number of aryl methyl sites for hydroxylation is 2. The zero-order valence-electron chi connectivity index (χ0n) is 19.2. The molecule has 2 aromatic heterocycles. The van der Waals surface area contributed by atoms with E-state index in [2.05, 4.69) is 73.9 Å². The van der Waals surface area contributed by atoms with Gasteiger partial charge >= 0.3 is 0 Å². The number of benzene rings is 1. The van der Waals surface area contributed by atoms with Crippen molar-refractivity contribution in [3.8, 4) is 10.7 Å². The van der Waals surface area contributed by atoms with Crippen molar-refractivity contribution in [2.24, 2.45) is 4.99 Å². The Morgan fingerprint density at radius 3 is 2.45 bits per heavy atom. The van der Waals surface area contributed by atoms with E-state index in [0.717, 1.165) is 34.4 Å². The van der Waals surface area contributed by atoms with Crippen LogP contribution in [0.15, 0.2) is 28.7 Å². The predicted octanol–water partition coefficient (Wildman–Crippen LogP) is 7.23. The summed E-state index contributed by atoms with van der Waals surface area (Å²) in [5.41, 5.74) is 5.90. The molecule has 0 aliphatic carbocycles. The third-order valence-corrected chi connectivity index (χ3v) is 7.20. The highest BCUT2D eigenvalue weighted by Crippen LogP contribution is 2.34. The number of hydrogen-bond acceptors (Lipinski definition) is 5. The number of aromatic nitrogens is 2. The quantitative estimate of drug-likeness (QED) is 0.265. The minimum absolute atomic E-state index is 0. The highest BCUT2D eigenvalue weighted by Gasteiger charge is 2.19. The summed E-state index contributed by atoms with van der Waals surface area (Å²) in [5, 5.41) is 4.26. The van der Waals surface area contributed by atoms with E-state index in [9.17, 15) is 0 Å². The van der Waals surface area contributed by atoms with Crippen LogP contribution in [0.3, 0.4) is 0 Å². The highest BCUT2D eigenvalue weighted by atomic mass is 35.5. The molecular weight excluding hydrogens is 467 g/mol. The van der Waals surface area contributed by atoms with E-state index in [0.29, 0.717) is 0 Å². The normalized spacial score (nSPS) is 11.3. The lowest BCUT2D eigenvalue weighted by molar-refractivity contribution is 0.552. The molecule has 0 aliphatic heterocycles. The van der Waals surface area contributed by atoms with Gasteiger partial charge < -0.3 is 4.90 Å². The summed E-state index contributed by atoms with van der Waals surface area (Å²) >= 11 is 3.45. The minimum Gasteiger partial charge on any atom is -0.366 e. The van der Waals surface area contributed by atoms with Gasteiger partial charge in [-0.25, -0.2) is 15.0 Å². The topological polar surface area (TPSA) is 41.4 Å². The van der Waals surface area contributed by atoms with Crippen LogP contribution in [0.4, 0.5) is 5.69 Å². The van der Waals surface area contributed by atoms with Gasteiger partial charge in [-0.15, -0.1) is 47.5 Å². The first-order valence-corrected chi connectivity index (χ1v) is 11.6. The van der Waals surface area contributed by atoms with Crippen LogP contribution in [0.2, 0.25) is 0 Å². The Bertz CT molecular complexity index is 1020. The van der Waals surface area contributed by atoms with Gasteiger partial charge in [0.1, 0.15) is 10.7 Å². The molecule has 0 aliphatic rings. The largest absolute Gasteiger partial charge is 0.366 e. The van der Waals surface area contributed by atoms with Gasteiger partial charge in [-0.1, -0.05) is 26.8 Å². The number of thiazole rings is 2. The average molecular weight is 500 g/mol. The first-order valence-electron chi connectivity index (χ1n) is 9.93. The molecule has 0 radical (unpaired) electrons. The van der Waals surface area contributed by atoms with Crippen molar-refractivity contribution in [3.63, 3.8) is 0 Å². The lowest BCUT2D eigenvalue weighted by Gasteiger charge is -2.14. The summed E-state index contributed by atoms with van der Waals surface area (Å²) < 4.78 is 0. The molecule has 0 amide bonds. The number of halogens is 2. The molecule has 0 spiro atoms. The van der Waals surface area contributed by atoms with Crippen LogP contribution in [-0.2, 0) is 11.8 Å². The van der Waals surface area contributed by atoms with E-state index in [1.54, 1.807) is 22.7 Å². The monoisotopic (exact) mass is 498 g/mol. The molecule has 8 heteroatoms. The van der Waals surface area contributed by atoms with Gasteiger partial charge in [0.25, 0.3) is 0 Å². The fraction of sp³-hybridized carbons (Fsp3) is 0.435. The second kappa shape index (κ2) is 11.4. The minimum atomic E-state index is 0. The smallest absolute Gasteiger partial charge is 0.142 e. The fourth-order valence-electron chi connectivity index (χ4n) is 2.83. The van der Waals surface area contributed by atoms with Crippen LogP contribution < -0.4 is 0 Å². The number of rotatable bonds is 6. The van der Waals surface area contributed by atoms with Crippen LogP contribution in [-0.4, -0.2) is 34.8 Å². The molecule has 0 unspecified atom stereocenters. The Hall–Kier alpha value is -1.47. The van der Waals surface area contributed by atoms with Crippen molar-refractivity contribution >= 4 is 59.5 Å². The first-order chi connectivity index (χ1) is 13.7. The molecule has 0 bridgehead atoms. The Balaban J connectivity index is 0.00000240. The maximum absolute atomic E-state index is 4.87. The highest BCUT2D eigenvalue weighted by molar-refractivity contribution is 7.15. The van der Waals surface area contributed by atoms with Gasteiger partial charge in [0, 0.05) is 36.5 Å². The van der Waals surface area contributed by atoms with Crippen molar-refractivity contribution in [1.82, 2.24) is 14.9 Å². The number of aliphatic imine (C=N–C) groups is 1. The molecule has 0 saturated heterocycles. The van der Waals surface area contributed by atoms with Crippen molar-refractivity contribution in [1.29, 1.82) is 0 Å². The molecule has 3 aromatic rings. The predicted molar refractivity (Wildman–Crippen MR) is 142 cm³/mol. The van der Waals surface area contributed by atoms with E-state index in [1.165, 1.54) is 21.6 Å². The Kier molecular flexibility index (Phi) is 10.1. The van der Waals surface area contributed by atoms with Crippen LogP contribution >= 0.6 is 47.5 Å². The summed E-state index contributed by atoms with van der Waals surface area (Å²) in [6.45, 7) is 14.0. The first kappa shape index (κ1) is 27.6. The van der Waals surface area contributed by atoms with E-state index < -0.39 is 0 Å². The molecule has 0 fully saturated rings. The van der Waals surface area contributed by atoms with Crippen molar-refractivity contribution in [2.75, 3.05) is 13.6 Å².